The first-order valence-electron chi connectivity index (χ1n) is 7.36. The molecule has 0 aliphatic carbocycles. The van der Waals surface area contributed by atoms with Crippen molar-refractivity contribution < 1.29 is 18.6 Å². The number of halogens is 1. The van der Waals surface area contributed by atoms with Crippen LogP contribution in [-0.2, 0) is 6.42 Å². The summed E-state index contributed by atoms with van der Waals surface area (Å²) in [6.45, 7) is 0.351. The maximum absolute atomic E-state index is 13.8. The zero-order chi connectivity index (χ0) is 16.2. The average Bonchev–Trinajstić information content (AvgIpc) is 2.60. The van der Waals surface area contributed by atoms with Crippen molar-refractivity contribution in [3.8, 4) is 17.2 Å². The van der Waals surface area contributed by atoms with Gasteiger partial charge in [-0.25, -0.2) is 4.39 Å². The van der Waals surface area contributed by atoms with Gasteiger partial charge in [-0.2, -0.15) is 0 Å². The largest absolute Gasteiger partial charge is 0.497 e. The van der Waals surface area contributed by atoms with E-state index in [1.54, 1.807) is 26.5 Å². The molecule has 5 heteroatoms. The summed E-state index contributed by atoms with van der Waals surface area (Å²) in [5, 5.41) is 0. The molecule has 0 aromatic heterocycles. The summed E-state index contributed by atoms with van der Waals surface area (Å²) in [5.74, 6) is 1.35. The van der Waals surface area contributed by atoms with Gasteiger partial charge >= 0.3 is 0 Å². The van der Waals surface area contributed by atoms with Crippen LogP contribution in [0.15, 0.2) is 41.4 Å². The Morgan fingerprint density at radius 2 is 1.91 bits per heavy atom. The molecule has 0 spiro atoms. The Bertz CT molecular complexity index is 713. The van der Waals surface area contributed by atoms with Gasteiger partial charge in [-0.15, -0.1) is 0 Å². The van der Waals surface area contributed by atoms with Crippen molar-refractivity contribution >= 4 is 6.21 Å². The number of rotatable bonds is 4. The fourth-order valence-corrected chi connectivity index (χ4v) is 2.57. The molecule has 23 heavy (non-hydrogen) atoms. The van der Waals surface area contributed by atoms with Gasteiger partial charge in [-0.1, -0.05) is 0 Å². The Morgan fingerprint density at radius 3 is 2.61 bits per heavy atom. The number of fused-ring (bicyclic) bond motifs is 1. The molecule has 0 radical (unpaired) electrons. The molecule has 1 aliphatic heterocycles. The van der Waals surface area contributed by atoms with Gasteiger partial charge in [-0.05, 0) is 42.0 Å². The van der Waals surface area contributed by atoms with Crippen LogP contribution in [0.3, 0.4) is 0 Å². The van der Waals surface area contributed by atoms with Crippen LogP contribution in [0, 0.1) is 5.82 Å². The highest BCUT2D eigenvalue weighted by Crippen LogP contribution is 2.35. The van der Waals surface area contributed by atoms with Gasteiger partial charge in [0.15, 0.2) is 11.6 Å². The van der Waals surface area contributed by atoms with Gasteiger partial charge in [0.05, 0.1) is 20.3 Å². The van der Waals surface area contributed by atoms with E-state index in [1.807, 2.05) is 24.3 Å². The lowest BCUT2D eigenvalue weighted by molar-refractivity contribution is 0.247. The second-order valence-electron chi connectivity index (χ2n) is 5.28. The molecule has 120 valence electrons. The van der Waals surface area contributed by atoms with Crippen molar-refractivity contribution in [2.75, 3.05) is 20.8 Å². The molecule has 4 nitrogen and oxygen atoms in total. The molecule has 2 aromatic rings. The minimum atomic E-state index is -0.363. The third kappa shape index (κ3) is 3.28. The summed E-state index contributed by atoms with van der Waals surface area (Å²) < 4.78 is 29.8. The molecular formula is C18H18FNO3. The van der Waals surface area contributed by atoms with E-state index in [4.69, 9.17) is 14.2 Å². The second kappa shape index (κ2) is 6.69. The number of hydrogen-bond acceptors (Lipinski definition) is 4. The van der Waals surface area contributed by atoms with E-state index in [0.29, 0.717) is 18.8 Å². The number of methoxy groups -OCH3 is 2. The van der Waals surface area contributed by atoms with E-state index in [-0.39, 0.29) is 17.6 Å². The zero-order valence-corrected chi connectivity index (χ0v) is 13.1. The highest BCUT2D eigenvalue weighted by atomic mass is 19.1. The van der Waals surface area contributed by atoms with Crippen LogP contribution in [0.2, 0.25) is 0 Å². The third-order valence-electron chi connectivity index (χ3n) is 3.80. The van der Waals surface area contributed by atoms with Gasteiger partial charge in [0, 0.05) is 18.2 Å². The number of benzene rings is 2. The van der Waals surface area contributed by atoms with Crippen LogP contribution in [-0.4, -0.2) is 33.1 Å². The van der Waals surface area contributed by atoms with Crippen LogP contribution in [0.1, 0.15) is 11.1 Å². The Morgan fingerprint density at radius 1 is 1.13 bits per heavy atom. The van der Waals surface area contributed by atoms with E-state index >= 15 is 0 Å². The van der Waals surface area contributed by atoms with Crippen molar-refractivity contribution in [3.63, 3.8) is 0 Å². The topological polar surface area (TPSA) is 40.0 Å². The zero-order valence-electron chi connectivity index (χ0n) is 13.1. The van der Waals surface area contributed by atoms with E-state index < -0.39 is 0 Å². The number of nitrogens with zero attached hydrogens (tertiary/aromatic N) is 1. The minimum Gasteiger partial charge on any atom is -0.497 e. The second-order valence-corrected chi connectivity index (χ2v) is 5.28. The van der Waals surface area contributed by atoms with Crippen molar-refractivity contribution in [2.45, 2.75) is 12.5 Å². The van der Waals surface area contributed by atoms with Crippen LogP contribution in [0.25, 0.3) is 0 Å². The lowest BCUT2D eigenvalue weighted by Gasteiger charge is -2.24. The molecule has 1 aliphatic rings. The summed E-state index contributed by atoms with van der Waals surface area (Å²) in [5.41, 5.74) is 1.71. The fourth-order valence-electron chi connectivity index (χ4n) is 2.57. The molecule has 0 N–H and O–H groups in total. The van der Waals surface area contributed by atoms with Gasteiger partial charge in [0.1, 0.15) is 18.1 Å². The van der Waals surface area contributed by atoms with Crippen LogP contribution < -0.4 is 14.2 Å². The minimum absolute atomic E-state index is 0.0692. The van der Waals surface area contributed by atoms with Crippen LogP contribution >= 0.6 is 0 Å². The van der Waals surface area contributed by atoms with E-state index in [0.717, 1.165) is 16.9 Å². The molecule has 1 atom stereocenters. The van der Waals surface area contributed by atoms with E-state index in [1.165, 1.54) is 6.07 Å². The first kappa shape index (κ1) is 15.3. The quantitative estimate of drug-likeness (QED) is 0.813. The summed E-state index contributed by atoms with van der Waals surface area (Å²) in [6.07, 6.45) is 2.38. The van der Waals surface area contributed by atoms with E-state index in [2.05, 4.69) is 4.99 Å². The molecule has 1 heterocycles. The van der Waals surface area contributed by atoms with Crippen LogP contribution in [0.4, 0.5) is 4.39 Å². The highest BCUT2D eigenvalue weighted by Gasteiger charge is 2.25. The van der Waals surface area contributed by atoms with Crippen molar-refractivity contribution in [1.29, 1.82) is 0 Å². The SMILES string of the molecule is COc1ccc(/C=N/[C@H]2COc3c(F)ccc(OC)c3C2)cc1. The fraction of sp³-hybridized carbons (Fsp3) is 0.278. The third-order valence-corrected chi connectivity index (χ3v) is 3.80. The monoisotopic (exact) mass is 315 g/mol. The van der Waals surface area contributed by atoms with Crippen molar-refractivity contribution in [1.82, 2.24) is 0 Å². The molecule has 2 aromatic carbocycles. The molecule has 0 saturated carbocycles. The molecular weight excluding hydrogens is 297 g/mol. The average molecular weight is 315 g/mol. The predicted octanol–water partition coefficient (Wildman–Crippen LogP) is 3.27. The summed E-state index contributed by atoms with van der Waals surface area (Å²) >= 11 is 0. The first-order chi connectivity index (χ1) is 11.2. The first-order valence-corrected chi connectivity index (χ1v) is 7.36. The van der Waals surface area contributed by atoms with Gasteiger partial charge in [-0.3, -0.25) is 4.99 Å². The van der Waals surface area contributed by atoms with Crippen LogP contribution in [0.5, 0.6) is 17.2 Å². The molecule has 0 amide bonds. The number of hydrogen-bond donors (Lipinski definition) is 0. The Balaban J connectivity index is 1.76. The maximum atomic E-state index is 13.8. The summed E-state index contributed by atoms with van der Waals surface area (Å²) in [6, 6.07) is 10.5. The smallest absolute Gasteiger partial charge is 0.165 e. The van der Waals surface area contributed by atoms with Gasteiger partial charge in [0.25, 0.3) is 0 Å². The number of aliphatic imine (C=N–C) groups is 1. The van der Waals surface area contributed by atoms with Gasteiger partial charge in [0.2, 0.25) is 0 Å². The lowest BCUT2D eigenvalue weighted by atomic mass is 10.0. The highest BCUT2D eigenvalue weighted by molar-refractivity contribution is 5.80. The standard InChI is InChI=1S/C18H18FNO3/c1-21-14-5-3-12(4-6-14)10-20-13-9-15-17(22-2)8-7-16(19)18(15)23-11-13/h3-8,10,13H,9,11H2,1-2H3/b20-10+/t13-/m1/s1. The normalized spacial score (nSPS) is 16.7. The summed E-state index contributed by atoms with van der Waals surface area (Å²) in [7, 11) is 3.20. The summed E-state index contributed by atoms with van der Waals surface area (Å²) in [4.78, 5) is 4.54. The van der Waals surface area contributed by atoms with Crippen molar-refractivity contribution in [2.24, 2.45) is 4.99 Å². The Kier molecular flexibility index (Phi) is 4.46. The molecule has 0 bridgehead atoms. The van der Waals surface area contributed by atoms with Gasteiger partial charge < -0.3 is 14.2 Å². The molecule has 0 saturated heterocycles. The van der Waals surface area contributed by atoms with Crippen molar-refractivity contribution in [3.05, 3.63) is 53.3 Å². The maximum Gasteiger partial charge on any atom is 0.165 e. The molecule has 3 rings (SSSR count). The molecule has 0 unspecified atom stereocenters. The van der Waals surface area contributed by atoms with E-state index in [9.17, 15) is 4.39 Å². The number of ether oxygens (including phenoxy) is 3. The molecule has 0 fully saturated rings. The lowest BCUT2D eigenvalue weighted by Crippen LogP contribution is -2.25. The Hall–Kier alpha value is -2.56. The Labute approximate surface area is 134 Å². The predicted molar refractivity (Wildman–Crippen MR) is 86.5 cm³/mol.